The summed E-state index contributed by atoms with van der Waals surface area (Å²) in [7, 11) is 1.92. The molecule has 1 nitrogen and oxygen atoms in total. The SMILES string of the molecule is C=CC1(C)C=CC=C(NC)C=C1. The summed E-state index contributed by atoms with van der Waals surface area (Å²) < 4.78 is 0. The van der Waals surface area contributed by atoms with Gasteiger partial charge in [0.15, 0.2) is 0 Å². The van der Waals surface area contributed by atoms with Crippen LogP contribution in [0.2, 0.25) is 0 Å². The van der Waals surface area contributed by atoms with Gasteiger partial charge in [0.05, 0.1) is 0 Å². The standard InChI is InChI=1S/C11H15N/c1-4-11(2)8-5-6-10(12-3)7-9-11/h4-9,12H,1H2,2-3H3. The summed E-state index contributed by atoms with van der Waals surface area (Å²) in [5.41, 5.74) is 1.12. The predicted molar refractivity (Wildman–Crippen MR) is 53.7 cm³/mol. The van der Waals surface area contributed by atoms with Gasteiger partial charge in [-0.1, -0.05) is 24.3 Å². The van der Waals surface area contributed by atoms with Crippen LogP contribution >= 0.6 is 0 Å². The first-order chi connectivity index (χ1) is 5.70. The Morgan fingerprint density at radius 1 is 1.50 bits per heavy atom. The predicted octanol–water partition coefficient (Wildman–Crippen LogP) is 2.41. The lowest BCUT2D eigenvalue weighted by molar-refractivity contribution is 0.719. The van der Waals surface area contributed by atoms with Gasteiger partial charge < -0.3 is 5.32 Å². The average molecular weight is 161 g/mol. The molecule has 1 unspecified atom stereocenters. The van der Waals surface area contributed by atoms with E-state index in [1.54, 1.807) is 0 Å². The lowest BCUT2D eigenvalue weighted by Gasteiger charge is -2.14. The van der Waals surface area contributed by atoms with Gasteiger partial charge in [0, 0.05) is 18.2 Å². The minimum absolute atomic E-state index is 0.00486. The van der Waals surface area contributed by atoms with Crippen molar-refractivity contribution < 1.29 is 0 Å². The van der Waals surface area contributed by atoms with E-state index >= 15 is 0 Å². The van der Waals surface area contributed by atoms with E-state index in [-0.39, 0.29) is 5.41 Å². The van der Waals surface area contributed by atoms with Gasteiger partial charge in [0.1, 0.15) is 0 Å². The van der Waals surface area contributed by atoms with Gasteiger partial charge in [-0.25, -0.2) is 0 Å². The summed E-state index contributed by atoms with van der Waals surface area (Å²) in [6.45, 7) is 5.93. The third kappa shape index (κ3) is 1.88. The summed E-state index contributed by atoms with van der Waals surface area (Å²) in [5, 5.41) is 3.09. The van der Waals surface area contributed by atoms with Gasteiger partial charge in [-0.15, -0.1) is 6.58 Å². The minimum atomic E-state index is -0.00486. The molecule has 0 fully saturated rings. The summed E-state index contributed by atoms with van der Waals surface area (Å²) >= 11 is 0. The second-order valence-corrected chi connectivity index (χ2v) is 3.13. The molecule has 0 saturated heterocycles. The van der Waals surface area contributed by atoms with Gasteiger partial charge in [-0.05, 0) is 19.1 Å². The van der Waals surface area contributed by atoms with Crippen LogP contribution < -0.4 is 5.32 Å². The van der Waals surface area contributed by atoms with Crippen LogP contribution in [0.15, 0.2) is 48.7 Å². The highest BCUT2D eigenvalue weighted by Crippen LogP contribution is 2.24. The fourth-order valence-electron chi connectivity index (χ4n) is 1.04. The highest BCUT2D eigenvalue weighted by Gasteiger charge is 2.12. The topological polar surface area (TPSA) is 12.0 Å². The molecule has 0 amide bonds. The Bertz CT molecular complexity index is 258. The molecule has 0 bridgehead atoms. The van der Waals surface area contributed by atoms with Gasteiger partial charge >= 0.3 is 0 Å². The fourth-order valence-corrected chi connectivity index (χ4v) is 1.04. The van der Waals surface area contributed by atoms with Gasteiger partial charge in [0.25, 0.3) is 0 Å². The largest absolute Gasteiger partial charge is 0.388 e. The monoisotopic (exact) mass is 161 g/mol. The molecule has 0 aromatic heterocycles. The first-order valence-corrected chi connectivity index (χ1v) is 4.10. The van der Waals surface area contributed by atoms with Crippen LogP contribution in [0.25, 0.3) is 0 Å². The molecule has 1 aliphatic rings. The maximum absolute atomic E-state index is 3.80. The maximum Gasteiger partial charge on any atom is 0.0334 e. The summed E-state index contributed by atoms with van der Waals surface area (Å²) in [5.74, 6) is 0. The van der Waals surface area contributed by atoms with Crippen molar-refractivity contribution in [2.75, 3.05) is 7.05 Å². The van der Waals surface area contributed by atoms with Crippen LogP contribution in [-0.2, 0) is 0 Å². The molecule has 0 aromatic rings. The zero-order valence-electron chi connectivity index (χ0n) is 7.67. The highest BCUT2D eigenvalue weighted by atomic mass is 14.8. The first kappa shape index (κ1) is 8.85. The molecule has 1 atom stereocenters. The fraction of sp³-hybridized carbons (Fsp3) is 0.273. The molecule has 1 rings (SSSR count). The third-order valence-corrected chi connectivity index (χ3v) is 2.08. The molecular weight excluding hydrogens is 146 g/mol. The molecular formula is C11H15N. The quantitative estimate of drug-likeness (QED) is 0.613. The zero-order chi connectivity index (χ0) is 9.03. The molecule has 64 valence electrons. The van der Waals surface area contributed by atoms with Crippen LogP contribution in [0, 0.1) is 5.41 Å². The third-order valence-electron chi connectivity index (χ3n) is 2.08. The second-order valence-electron chi connectivity index (χ2n) is 3.13. The molecule has 0 heterocycles. The lowest BCUT2D eigenvalue weighted by Crippen LogP contribution is -2.05. The van der Waals surface area contributed by atoms with E-state index in [0.717, 1.165) is 5.70 Å². The molecule has 0 saturated carbocycles. The van der Waals surface area contributed by atoms with E-state index in [9.17, 15) is 0 Å². The summed E-state index contributed by atoms with van der Waals surface area (Å²) in [6, 6.07) is 0. The molecule has 0 radical (unpaired) electrons. The Morgan fingerprint density at radius 3 is 2.83 bits per heavy atom. The highest BCUT2D eigenvalue weighted by molar-refractivity contribution is 5.32. The van der Waals surface area contributed by atoms with Crippen molar-refractivity contribution in [3.8, 4) is 0 Å². The van der Waals surface area contributed by atoms with Gasteiger partial charge in [-0.2, -0.15) is 0 Å². The van der Waals surface area contributed by atoms with Crippen molar-refractivity contribution in [3.05, 3.63) is 48.7 Å². The number of hydrogen-bond donors (Lipinski definition) is 1. The van der Waals surface area contributed by atoms with Crippen LogP contribution in [0.4, 0.5) is 0 Å². The van der Waals surface area contributed by atoms with Gasteiger partial charge in [0.2, 0.25) is 0 Å². The Balaban J connectivity index is 2.90. The Morgan fingerprint density at radius 2 is 2.25 bits per heavy atom. The lowest BCUT2D eigenvalue weighted by atomic mass is 9.90. The Labute approximate surface area is 74.2 Å². The summed E-state index contributed by atoms with van der Waals surface area (Å²) in [4.78, 5) is 0. The number of hydrogen-bond acceptors (Lipinski definition) is 1. The number of nitrogens with one attached hydrogen (secondary N) is 1. The van der Waals surface area contributed by atoms with Crippen molar-refractivity contribution in [3.63, 3.8) is 0 Å². The smallest absolute Gasteiger partial charge is 0.0334 e. The molecule has 0 spiro atoms. The number of likely N-dealkylation sites (N-methyl/N-ethyl adjacent to an activating group) is 1. The normalized spacial score (nSPS) is 27.7. The van der Waals surface area contributed by atoms with Crippen molar-refractivity contribution >= 4 is 0 Å². The molecule has 12 heavy (non-hydrogen) atoms. The second kappa shape index (κ2) is 3.44. The van der Waals surface area contributed by atoms with Crippen molar-refractivity contribution in [1.29, 1.82) is 0 Å². The van der Waals surface area contributed by atoms with Gasteiger partial charge in [-0.3, -0.25) is 0 Å². The van der Waals surface area contributed by atoms with Crippen molar-refractivity contribution in [1.82, 2.24) is 5.32 Å². The van der Waals surface area contributed by atoms with Crippen LogP contribution in [0.3, 0.4) is 0 Å². The number of allylic oxidation sites excluding steroid dienone is 6. The van der Waals surface area contributed by atoms with E-state index in [0.29, 0.717) is 0 Å². The van der Waals surface area contributed by atoms with E-state index in [1.807, 2.05) is 25.3 Å². The van der Waals surface area contributed by atoms with Crippen LogP contribution in [0.5, 0.6) is 0 Å². The number of rotatable bonds is 2. The average Bonchev–Trinajstić information content (AvgIpc) is 2.28. The molecule has 1 aliphatic carbocycles. The Kier molecular flexibility index (Phi) is 2.54. The van der Waals surface area contributed by atoms with E-state index in [1.165, 1.54) is 0 Å². The van der Waals surface area contributed by atoms with Crippen molar-refractivity contribution in [2.45, 2.75) is 6.92 Å². The van der Waals surface area contributed by atoms with Crippen LogP contribution in [0.1, 0.15) is 6.92 Å². The zero-order valence-corrected chi connectivity index (χ0v) is 7.67. The molecule has 1 heteroatoms. The van der Waals surface area contributed by atoms with E-state index in [4.69, 9.17) is 0 Å². The van der Waals surface area contributed by atoms with E-state index in [2.05, 4.69) is 37.0 Å². The van der Waals surface area contributed by atoms with E-state index < -0.39 is 0 Å². The molecule has 0 aromatic carbocycles. The molecule has 0 aliphatic heterocycles. The summed E-state index contributed by atoms with van der Waals surface area (Å²) in [6.07, 6.45) is 12.4. The first-order valence-electron chi connectivity index (χ1n) is 4.10. The Hall–Kier alpha value is -1.24. The maximum atomic E-state index is 3.80. The van der Waals surface area contributed by atoms with Crippen molar-refractivity contribution in [2.24, 2.45) is 5.41 Å². The minimum Gasteiger partial charge on any atom is -0.388 e. The van der Waals surface area contributed by atoms with Crippen LogP contribution in [-0.4, -0.2) is 7.05 Å². The molecule has 1 N–H and O–H groups in total.